The van der Waals surface area contributed by atoms with Crippen LogP contribution in [0.25, 0.3) is 12.2 Å². The van der Waals surface area contributed by atoms with Crippen molar-refractivity contribution in [3.63, 3.8) is 0 Å². The van der Waals surface area contributed by atoms with E-state index in [4.69, 9.17) is 9.47 Å². The Morgan fingerprint density at radius 2 is 1.62 bits per heavy atom. The molecule has 138 valence electrons. The molecule has 0 aromatic heterocycles. The van der Waals surface area contributed by atoms with Crippen molar-refractivity contribution in [2.45, 2.75) is 13.8 Å². The molecule has 0 heterocycles. The number of rotatable bonds is 7. The summed E-state index contributed by atoms with van der Waals surface area (Å²) < 4.78 is 10.5. The molecule has 0 unspecified atom stereocenters. The lowest BCUT2D eigenvalue weighted by Gasteiger charge is -2.21. The number of benzene rings is 2. The standard InChI is InChI=1S/C21H24O5/c1-15-10-17(12-19(11-15)25-3)5-4-16-6-8-18(9-7-16)26-20(24)21(2,13-22)14-23/h4-12,22-23H,13-14H2,1-3H3/b5-4+. The van der Waals surface area contributed by atoms with Gasteiger partial charge in [-0.2, -0.15) is 0 Å². The molecule has 5 nitrogen and oxygen atoms in total. The summed E-state index contributed by atoms with van der Waals surface area (Å²) in [6.45, 7) is 2.49. The van der Waals surface area contributed by atoms with Gasteiger partial charge >= 0.3 is 5.97 Å². The van der Waals surface area contributed by atoms with Crippen LogP contribution in [-0.4, -0.2) is 36.5 Å². The molecule has 2 N–H and O–H groups in total. The van der Waals surface area contributed by atoms with Gasteiger partial charge in [0.05, 0.1) is 20.3 Å². The fourth-order valence-electron chi connectivity index (χ4n) is 2.24. The molecule has 0 amide bonds. The molecular formula is C21H24O5. The molecular weight excluding hydrogens is 332 g/mol. The summed E-state index contributed by atoms with van der Waals surface area (Å²) in [4.78, 5) is 12.0. The average molecular weight is 356 g/mol. The smallest absolute Gasteiger partial charge is 0.321 e. The van der Waals surface area contributed by atoms with Crippen LogP contribution < -0.4 is 9.47 Å². The third-order valence-corrected chi connectivity index (χ3v) is 4.06. The number of methoxy groups -OCH3 is 1. The minimum absolute atomic E-state index is 0.359. The van der Waals surface area contributed by atoms with Crippen molar-refractivity contribution in [1.82, 2.24) is 0 Å². The quantitative estimate of drug-likeness (QED) is 0.453. The maximum Gasteiger partial charge on any atom is 0.321 e. The number of esters is 1. The molecule has 2 rings (SSSR count). The molecule has 0 spiro atoms. The Morgan fingerprint density at radius 3 is 2.19 bits per heavy atom. The third-order valence-electron chi connectivity index (χ3n) is 4.06. The molecule has 0 aliphatic carbocycles. The normalized spacial score (nSPS) is 11.6. The Hall–Kier alpha value is -2.63. The number of aliphatic hydroxyl groups excluding tert-OH is 2. The number of aliphatic hydroxyl groups is 2. The zero-order chi connectivity index (χ0) is 19.2. The molecule has 0 saturated carbocycles. The lowest BCUT2D eigenvalue weighted by atomic mass is 9.93. The van der Waals surface area contributed by atoms with Gasteiger partial charge in [-0.25, -0.2) is 0 Å². The van der Waals surface area contributed by atoms with E-state index in [9.17, 15) is 15.0 Å². The molecule has 26 heavy (non-hydrogen) atoms. The van der Waals surface area contributed by atoms with Gasteiger partial charge in [0.2, 0.25) is 0 Å². The topological polar surface area (TPSA) is 76.0 Å². The predicted molar refractivity (Wildman–Crippen MR) is 101 cm³/mol. The zero-order valence-electron chi connectivity index (χ0n) is 15.2. The number of ether oxygens (including phenoxy) is 2. The average Bonchev–Trinajstić information content (AvgIpc) is 2.66. The van der Waals surface area contributed by atoms with E-state index in [1.165, 1.54) is 6.92 Å². The lowest BCUT2D eigenvalue weighted by molar-refractivity contribution is -0.149. The van der Waals surface area contributed by atoms with Gasteiger partial charge in [0.1, 0.15) is 16.9 Å². The summed E-state index contributed by atoms with van der Waals surface area (Å²) in [5.74, 6) is 0.498. The predicted octanol–water partition coefficient (Wildman–Crippen LogP) is 3.07. The molecule has 0 aliphatic rings. The van der Waals surface area contributed by atoms with Crippen LogP contribution >= 0.6 is 0 Å². The maximum atomic E-state index is 12.0. The van der Waals surface area contributed by atoms with Crippen LogP contribution in [0, 0.1) is 12.3 Å². The highest BCUT2D eigenvalue weighted by Crippen LogP contribution is 2.22. The van der Waals surface area contributed by atoms with E-state index in [1.807, 2.05) is 43.3 Å². The second kappa shape index (κ2) is 8.65. The number of hydrogen-bond donors (Lipinski definition) is 2. The fraction of sp³-hybridized carbons (Fsp3) is 0.286. The SMILES string of the molecule is COc1cc(C)cc(/C=C/c2ccc(OC(=O)C(C)(CO)CO)cc2)c1. The number of aryl methyl sites for hydroxylation is 1. The van der Waals surface area contributed by atoms with E-state index in [-0.39, 0.29) is 0 Å². The molecule has 0 fully saturated rings. The van der Waals surface area contributed by atoms with Gasteiger partial charge in [0.25, 0.3) is 0 Å². The molecule has 0 radical (unpaired) electrons. The minimum atomic E-state index is -1.32. The van der Waals surface area contributed by atoms with Crippen LogP contribution in [0.3, 0.4) is 0 Å². The van der Waals surface area contributed by atoms with Gasteiger partial charge in [-0.1, -0.05) is 30.4 Å². The Labute approximate surface area is 153 Å². The van der Waals surface area contributed by atoms with E-state index in [2.05, 4.69) is 6.07 Å². The summed E-state index contributed by atoms with van der Waals surface area (Å²) in [6.07, 6.45) is 3.93. The van der Waals surface area contributed by atoms with E-state index in [1.54, 1.807) is 19.2 Å². The lowest BCUT2D eigenvalue weighted by Crippen LogP contribution is -2.38. The summed E-state index contributed by atoms with van der Waals surface area (Å²) in [7, 11) is 1.64. The van der Waals surface area contributed by atoms with Crippen molar-refractivity contribution in [2.24, 2.45) is 5.41 Å². The van der Waals surface area contributed by atoms with Gasteiger partial charge in [0, 0.05) is 0 Å². The van der Waals surface area contributed by atoms with Crippen LogP contribution in [-0.2, 0) is 4.79 Å². The summed E-state index contributed by atoms with van der Waals surface area (Å²) >= 11 is 0. The molecule has 0 saturated heterocycles. The van der Waals surface area contributed by atoms with Gasteiger partial charge in [-0.05, 0) is 54.8 Å². The first-order valence-corrected chi connectivity index (χ1v) is 8.28. The Bertz CT molecular complexity index is 773. The molecule has 2 aromatic carbocycles. The van der Waals surface area contributed by atoms with Crippen LogP contribution in [0.1, 0.15) is 23.6 Å². The molecule has 0 bridgehead atoms. The highest BCUT2D eigenvalue weighted by Gasteiger charge is 2.34. The first-order chi connectivity index (χ1) is 12.4. The first-order valence-electron chi connectivity index (χ1n) is 8.28. The Balaban J connectivity index is 2.08. The van der Waals surface area contributed by atoms with Crippen molar-refractivity contribution in [3.05, 3.63) is 59.2 Å². The van der Waals surface area contributed by atoms with Gasteiger partial charge in [0.15, 0.2) is 0 Å². The molecule has 5 heteroatoms. The zero-order valence-corrected chi connectivity index (χ0v) is 15.2. The van der Waals surface area contributed by atoms with Crippen molar-refractivity contribution in [1.29, 1.82) is 0 Å². The Morgan fingerprint density at radius 1 is 1.00 bits per heavy atom. The minimum Gasteiger partial charge on any atom is -0.497 e. The second-order valence-corrected chi connectivity index (χ2v) is 6.45. The van der Waals surface area contributed by atoms with E-state index in [0.29, 0.717) is 5.75 Å². The summed E-state index contributed by atoms with van der Waals surface area (Å²) in [5.41, 5.74) is 1.77. The highest BCUT2D eigenvalue weighted by molar-refractivity contribution is 5.79. The van der Waals surface area contributed by atoms with Gasteiger partial charge < -0.3 is 19.7 Å². The second-order valence-electron chi connectivity index (χ2n) is 6.45. The monoisotopic (exact) mass is 356 g/mol. The fourth-order valence-corrected chi connectivity index (χ4v) is 2.24. The summed E-state index contributed by atoms with van der Waals surface area (Å²) in [5, 5.41) is 18.5. The molecule has 0 aliphatic heterocycles. The van der Waals surface area contributed by atoms with Crippen LogP contribution in [0.15, 0.2) is 42.5 Å². The van der Waals surface area contributed by atoms with Gasteiger partial charge in [-0.3, -0.25) is 4.79 Å². The maximum absolute atomic E-state index is 12.0. The summed E-state index contributed by atoms with van der Waals surface area (Å²) in [6, 6.07) is 13.0. The van der Waals surface area contributed by atoms with Crippen LogP contribution in [0.2, 0.25) is 0 Å². The largest absolute Gasteiger partial charge is 0.497 e. The van der Waals surface area contributed by atoms with E-state index in [0.717, 1.165) is 22.4 Å². The van der Waals surface area contributed by atoms with Crippen molar-refractivity contribution in [3.8, 4) is 11.5 Å². The molecule has 0 atom stereocenters. The first kappa shape index (κ1) is 19.7. The van der Waals surface area contributed by atoms with Gasteiger partial charge in [-0.15, -0.1) is 0 Å². The third kappa shape index (κ3) is 4.94. The van der Waals surface area contributed by atoms with Crippen molar-refractivity contribution < 1.29 is 24.5 Å². The van der Waals surface area contributed by atoms with E-state index >= 15 is 0 Å². The van der Waals surface area contributed by atoms with Crippen molar-refractivity contribution >= 4 is 18.1 Å². The van der Waals surface area contributed by atoms with E-state index < -0.39 is 24.6 Å². The highest BCUT2D eigenvalue weighted by atomic mass is 16.5. The number of carbonyl (C=O) groups is 1. The van der Waals surface area contributed by atoms with Crippen LogP contribution in [0.4, 0.5) is 0 Å². The number of carbonyl (C=O) groups excluding carboxylic acids is 1. The van der Waals surface area contributed by atoms with Crippen molar-refractivity contribution in [2.75, 3.05) is 20.3 Å². The number of hydrogen-bond acceptors (Lipinski definition) is 5. The molecule has 2 aromatic rings. The van der Waals surface area contributed by atoms with Crippen LogP contribution in [0.5, 0.6) is 11.5 Å². The Kier molecular flexibility index (Phi) is 6.55.